The van der Waals surface area contributed by atoms with Crippen molar-refractivity contribution in [3.05, 3.63) is 85.9 Å². The number of carbonyl (C=O) groups excluding carboxylic acids is 1. The van der Waals surface area contributed by atoms with E-state index in [9.17, 15) is 28.7 Å². The van der Waals surface area contributed by atoms with Crippen molar-refractivity contribution in [3.8, 4) is 0 Å². The maximum absolute atomic E-state index is 13.0. The number of carbonyl (C=O) groups is 2. The third-order valence-corrected chi connectivity index (χ3v) is 4.84. The minimum Gasteiger partial charge on any atom is -0.480 e. The Morgan fingerprint density at radius 3 is 2.19 bits per heavy atom. The Morgan fingerprint density at radius 2 is 1.59 bits per heavy atom. The predicted octanol–water partition coefficient (Wildman–Crippen LogP) is 2.60. The van der Waals surface area contributed by atoms with Crippen LogP contribution in [0.2, 0.25) is 0 Å². The lowest BCUT2D eigenvalue weighted by atomic mass is 10.0. The quantitative estimate of drug-likeness (QED) is 0.358. The van der Waals surface area contributed by atoms with Crippen molar-refractivity contribution in [2.45, 2.75) is 25.8 Å². The standard InChI is InChI=1S/C23H22FN3O5/c1-2-11-25-18-19(21(29)20(18)28)27-17(23(31)32)12-13-3-9-16(10-4-13)26-22(30)14-5-7-15(24)8-6-14/h3-10,17,25,27H,2,11-12H2,1H3,(H,26,30)(H,31,32). The molecule has 32 heavy (non-hydrogen) atoms. The molecule has 0 bridgehead atoms. The summed E-state index contributed by atoms with van der Waals surface area (Å²) in [5, 5.41) is 17.7. The van der Waals surface area contributed by atoms with Gasteiger partial charge in [-0.3, -0.25) is 14.4 Å². The van der Waals surface area contributed by atoms with E-state index in [0.717, 1.165) is 6.42 Å². The first kappa shape index (κ1) is 22.7. The van der Waals surface area contributed by atoms with Gasteiger partial charge in [0.25, 0.3) is 16.8 Å². The number of anilines is 3. The number of nitrogens with one attached hydrogen (secondary N) is 3. The Balaban J connectivity index is 1.66. The first-order valence-corrected chi connectivity index (χ1v) is 10.0. The van der Waals surface area contributed by atoms with E-state index >= 15 is 0 Å². The molecule has 9 heteroatoms. The van der Waals surface area contributed by atoms with Crippen LogP contribution in [0.4, 0.5) is 21.5 Å². The van der Waals surface area contributed by atoms with Crippen molar-refractivity contribution >= 4 is 28.9 Å². The lowest BCUT2D eigenvalue weighted by Gasteiger charge is -2.20. The molecule has 8 nitrogen and oxygen atoms in total. The van der Waals surface area contributed by atoms with Gasteiger partial charge in [0.2, 0.25) is 0 Å². The summed E-state index contributed by atoms with van der Waals surface area (Å²) in [7, 11) is 0. The van der Waals surface area contributed by atoms with E-state index in [1.165, 1.54) is 24.3 Å². The van der Waals surface area contributed by atoms with E-state index in [2.05, 4.69) is 16.0 Å². The molecule has 1 unspecified atom stereocenters. The average Bonchev–Trinajstić information content (AvgIpc) is 2.78. The maximum atomic E-state index is 13.0. The monoisotopic (exact) mass is 439 g/mol. The van der Waals surface area contributed by atoms with E-state index in [1.807, 2.05) is 6.92 Å². The van der Waals surface area contributed by atoms with Crippen LogP contribution in [-0.2, 0) is 11.2 Å². The van der Waals surface area contributed by atoms with Gasteiger partial charge in [0.1, 0.15) is 23.2 Å². The Morgan fingerprint density at radius 1 is 0.969 bits per heavy atom. The van der Waals surface area contributed by atoms with Crippen LogP contribution < -0.4 is 26.8 Å². The average molecular weight is 439 g/mol. The SMILES string of the molecule is CCCNc1c(NC(Cc2ccc(NC(=O)c3ccc(F)cc3)cc2)C(=O)O)c(=O)c1=O. The number of aliphatic carboxylic acids is 1. The van der Waals surface area contributed by atoms with Crippen molar-refractivity contribution in [1.29, 1.82) is 0 Å². The largest absolute Gasteiger partial charge is 0.480 e. The van der Waals surface area contributed by atoms with E-state index in [-0.39, 0.29) is 17.8 Å². The van der Waals surface area contributed by atoms with Gasteiger partial charge in [-0.1, -0.05) is 19.1 Å². The molecule has 3 aromatic carbocycles. The van der Waals surface area contributed by atoms with Crippen LogP contribution in [-0.4, -0.2) is 29.6 Å². The first-order valence-electron chi connectivity index (χ1n) is 10.0. The second kappa shape index (κ2) is 9.86. The van der Waals surface area contributed by atoms with Crippen LogP contribution in [0.3, 0.4) is 0 Å². The maximum Gasteiger partial charge on any atom is 0.326 e. The number of carboxylic acid groups (broad SMARTS) is 1. The fourth-order valence-corrected chi connectivity index (χ4v) is 3.09. The van der Waals surface area contributed by atoms with Crippen LogP contribution in [0.5, 0.6) is 0 Å². The van der Waals surface area contributed by atoms with E-state index in [4.69, 9.17) is 0 Å². The predicted molar refractivity (Wildman–Crippen MR) is 120 cm³/mol. The fourth-order valence-electron chi connectivity index (χ4n) is 3.09. The fraction of sp³-hybridized carbons (Fsp3) is 0.217. The number of hydrogen-bond donors (Lipinski definition) is 4. The summed E-state index contributed by atoms with van der Waals surface area (Å²) in [6.45, 7) is 2.39. The normalized spacial score (nSPS) is 11.7. The summed E-state index contributed by atoms with van der Waals surface area (Å²) in [6, 6.07) is 10.5. The summed E-state index contributed by atoms with van der Waals surface area (Å²) in [5.74, 6) is -2.02. The summed E-state index contributed by atoms with van der Waals surface area (Å²) in [6.07, 6.45) is 0.790. The highest BCUT2D eigenvalue weighted by molar-refractivity contribution is 6.04. The summed E-state index contributed by atoms with van der Waals surface area (Å²) < 4.78 is 13.0. The van der Waals surface area contributed by atoms with Gasteiger partial charge in [-0.2, -0.15) is 0 Å². The number of amides is 1. The van der Waals surface area contributed by atoms with Gasteiger partial charge in [-0.25, -0.2) is 9.18 Å². The third-order valence-electron chi connectivity index (χ3n) is 4.84. The van der Waals surface area contributed by atoms with Crippen molar-refractivity contribution in [3.63, 3.8) is 0 Å². The molecule has 1 amide bonds. The Kier molecular flexibility index (Phi) is 6.99. The Labute approximate surface area is 182 Å². The Hall–Kier alpha value is -4.01. The molecule has 1 atom stereocenters. The molecule has 0 saturated carbocycles. The van der Waals surface area contributed by atoms with E-state index < -0.39 is 34.6 Å². The smallest absolute Gasteiger partial charge is 0.326 e. The molecule has 0 saturated heterocycles. The molecular formula is C23H22FN3O5. The van der Waals surface area contributed by atoms with Gasteiger partial charge in [0.05, 0.1) is 0 Å². The number of carboxylic acids is 1. The van der Waals surface area contributed by atoms with Crippen LogP contribution >= 0.6 is 0 Å². The lowest BCUT2D eigenvalue weighted by molar-refractivity contribution is -0.137. The van der Waals surface area contributed by atoms with Crippen LogP contribution in [0, 0.1) is 5.82 Å². The molecule has 3 aromatic rings. The highest BCUT2D eigenvalue weighted by Gasteiger charge is 2.26. The molecular weight excluding hydrogens is 417 g/mol. The van der Waals surface area contributed by atoms with Crippen LogP contribution in [0.25, 0.3) is 0 Å². The zero-order valence-electron chi connectivity index (χ0n) is 17.3. The van der Waals surface area contributed by atoms with Gasteiger partial charge < -0.3 is 21.1 Å². The molecule has 0 fully saturated rings. The molecule has 0 radical (unpaired) electrons. The summed E-state index contributed by atoms with van der Waals surface area (Å²) in [5.41, 5.74) is 0.120. The van der Waals surface area contributed by atoms with Gasteiger partial charge in [0.15, 0.2) is 0 Å². The Bertz CT molecular complexity index is 1180. The van der Waals surface area contributed by atoms with E-state index in [1.54, 1.807) is 24.3 Å². The minimum absolute atomic E-state index is 0.0148. The molecule has 4 N–H and O–H groups in total. The van der Waals surface area contributed by atoms with Gasteiger partial charge in [0, 0.05) is 24.2 Å². The zero-order chi connectivity index (χ0) is 23.3. The number of halogens is 1. The molecule has 3 rings (SSSR count). The molecule has 0 spiro atoms. The number of rotatable bonds is 10. The summed E-state index contributed by atoms with van der Waals surface area (Å²) >= 11 is 0. The molecule has 0 aliphatic carbocycles. The molecule has 166 valence electrons. The lowest BCUT2D eigenvalue weighted by Crippen LogP contribution is -2.42. The highest BCUT2D eigenvalue weighted by atomic mass is 19.1. The molecule has 0 heterocycles. The summed E-state index contributed by atoms with van der Waals surface area (Å²) in [4.78, 5) is 47.5. The first-order chi connectivity index (χ1) is 15.3. The zero-order valence-corrected chi connectivity index (χ0v) is 17.3. The third kappa shape index (κ3) is 5.18. The van der Waals surface area contributed by atoms with Crippen molar-refractivity contribution in [2.24, 2.45) is 0 Å². The van der Waals surface area contributed by atoms with Crippen LogP contribution in [0.15, 0.2) is 58.1 Å². The van der Waals surface area contributed by atoms with Crippen molar-refractivity contribution in [1.82, 2.24) is 0 Å². The van der Waals surface area contributed by atoms with Gasteiger partial charge >= 0.3 is 5.97 Å². The minimum atomic E-state index is -1.17. The number of benzene rings is 2. The van der Waals surface area contributed by atoms with Crippen LogP contribution in [0.1, 0.15) is 29.3 Å². The van der Waals surface area contributed by atoms with Crippen molar-refractivity contribution < 1.29 is 19.1 Å². The number of hydrogen-bond acceptors (Lipinski definition) is 6. The molecule has 0 aromatic heterocycles. The van der Waals surface area contributed by atoms with Crippen molar-refractivity contribution in [2.75, 3.05) is 22.5 Å². The topological polar surface area (TPSA) is 125 Å². The van der Waals surface area contributed by atoms with E-state index in [0.29, 0.717) is 23.4 Å². The second-order valence-corrected chi connectivity index (χ2v) is 7.23. The molecule has 0 aliphatic heterocycles. The second-order valence-electron chi connectivity index (χ2n) is 7.23. The molecule has 0 aliphatic rings. The van der Waals surface area contributed by atoms with Gasteiger partial charge in [-0.15, -0.1) is 0 Å². The highest BCUT2D eigenvalue weighted by Crippen LogP contribution is 2.18. The van der Waals surface area contributed by atoms with Gasteiger partial charge in [-0.05, 0) is 48.4 Å².